The minimum absolute atomic E-state index is 0.784. The fourth-order valence-corrected chi connectivity index (χ4v) is 6.22. The molecular formula is C31H32. The van der Waals surface area contributed by atoms with E-state index >= 15 is 0 Å². The number of benzene rings is 2. The summed E-state index contributed by atoms with van der Waals surface area (Å²) >= 11 is 0. The van der Waals surface area contributed by atoms with Gasteiger partial charge in [0.05, 0.1) is 0 Å². The number of aryl methyl sites for hydroxylation is 1. The molecule has 1 fully saturated rings. The first-order valence-electron chi connectivity index (χ1n) is 12.3. The van der Waals surface area contributed by atoms with Crippen molar-refractivity contribution in [3.63, 3.8) is 0 Å². The average molecular weight is 405 g/mol. The molecule has 0 heterocycles. The Hall–Kier alpha value is -2.60. The van der Waals surface area contributed by atoms with Gasteiger partial charge in [-0.15, -0.1) is 0 Å². The number of rotatable bonds is 2. The van der Waals surface area contributed by atoms with E-state index in [9.17, 15) is 0 Å². The van der Waals surface area contributed by atoms with Crippen LogP contribution in [0.15, 0.2) is 71.3 Å². The van der Waals surface area contributed by atoms with E-state index in [0.717, 1.165) is 18.8 Å². The SMILES string of the molecule is Cc1ccc(C2=CCC3=C4CC=c5ccc(C6CCCCC6)cc5=C4CCC3=C2)cc1. The largest absolute Gasteiger partial charge is 0.0722 e. The standard InChI is InChI=1S/C31H32/c1-21-7-9-23(10-8-21)25-14-16-28-27(19-25)15-18-30-29(28)17-13-24-11-12-26(20-31(24)30)22-5-3-2-4-6-22/h7-14,19-20,22H,2-6,15-18H2,1H3. The lowest BCUT2D eigenvalue weighted by Gasteiger charge is -2.30. The van der Waals surface area contributed by atoms with Crippen LogP contribution in [0.2, 0.25) is 0 Å². The topological polar surface area (TPSA) is 0 Å². The molecule has 31 heavy (non-hydrogen) atoms. The fourth-order valence-electron chi connectivity index (χ4n) is 6.22. The summed E-state index contributed by atoms with van der Waals surface area (Å²) < 4.78 is 0. The van der Waals surface area contributed by atoms with Crippen molar-refractivity contribution in [2.75, 3.05) is 0 Å². The van der Waals surface area contributed by atoms with Crippen LogP contribution in [0.5, 0.6) is 0 Å². The molecule has 0 amide bonds. The van der Waals surface area contributed by atoms with Gasteiger partial charge in [-0.1, -0.05) is 85.5 Å². The van der Waals surface area contributed by atoms with Crippen molar-refractivity contribution in [3.8, 4) is 0 Å². The Labute approximate surface area is 186 Å². The van der Waals surface area contributed by atoms with Crippen LogP contribution in [0.25, 0.3) is 17.2 Å². The van der Waals surface area contributed by atoms with Gasteiger partial charge in [0.15, 0.2) is 0 Å². The molecule has 0 radical (unpaired) electrons. The van der Waals surface area contributed by atoms with Crippen LogP contribution < -0.4 is 10.4 Å². The minimum Gasteiger partial charge on any atom is -0.0722 e. The summed E-state index contributed by atoms with van der Waals surface area (Å²) in [5.74, 6) is 0.784. The summed E-state index contributed by atoms with van der Waals surface area (Å²) in [6, 6.07) is 16.4. The second-order valence-corrected chi connectivity index (χ2v) is 9.92. The quantitative estimate of drug-likeness (QED) is 0.512. The number of hydrogen-bond acceptors (Lipinski definition) is 0. The predicted octanol–water partition coefficient (Wildman–Crippen LogP) is 6.88. The molecule has 4 aliphatic carbocycles. The van der Waals surface area contributed by atoms with E-state index in [4.69, 9.17) is 0 Å². The summed E-state index contributed by atoms with van der Waals surface area (Å²) in [4.78, 5) is 0. The van der Waals surface area contributed by atoms with Crippen LogP contribution in [0.4, 0.5) is 0 Å². The van der Waals surface area contributed by atoms with E-state index in [1.807, 2.05) is 0 Å². The molecule has 0 saturated heterocycles. The van der Waals surface area contributed by atoms with Gasteiger partial charge in [-0.2, -0.15) is 0 Å². The molecule has 156 valence electrons. The zero-order chi connectivity index (χ0) is 20.8. The van der Waals surface area contributed by atoms with Crippen LogP contribution >= 0.6 is 0 Å². The maximum absolute atomic E-state index is 2.57. The highest BCUT2D eigenvalue weighted by Gasteiger charge is 2.25. The number of hydrogen-bond donors (Lipinski definition) is 0. The molecule has 2 aromatic carbocycles. The molecule has 0 N–H and O–H groups in total. The van der Waals surface area contributed by atoms with E-state index in [2.05, 4.69) is 67.6 Å². The number of fused-ring (bicyclic) bond motifs is 3. The van der Waals surface area contributed by atoms with E-state index in [1.165, 1.54) is 66.9 Å². The molecule has 4 aliphatic rings. The van der Waals surface area contributed by atoms with E-state index < -0.39 is 0 Å². The highest BCUT2D eigenvalue weighted by atomic mass is 14.3. The first-order valence-corrected chi connectivity index (χ1v) is 12.3. The van der Waals surface area contributed by atoms with Gasteiger partial charge in [0.2, 0.25) is 0 Å². The molecule has 0 heteroatoms. The lowest BCUT2D eigenvalue weighted by Crippen LogP contribution is -2.32. The molecule has 0 bridgehead atoms. The molecule has 0 aromatic heterocycles. The maximum Gasteiger partial charge on any atom is -0.00823 e. The lowest BCUT2D eigenvalue weighted by molar-refractivity contribution is 0.443. The Morgan fingerprint density at radius 2 is 1.55 bits per heavy atom. The van der Waals surface area contributed by atoms with E-state index in [0.29, 0.717) is 0 Å². The van der Waals surface area contributed by atoms with Gasteiger partial charge in [-0.05, 0) is 101 Å². The second-order valence-electron chi connectivity index (χ2n) is 9.92. The molecule has 0 atom stereocenters. The monoisotopic (exact) mass is 404 g/mol. The zero-order valence-electron chi connectivity index (χ0n) is 18.7. The Morgan fingerprint density at radius 3 is 2.39 bits per heavy atom. The Morgan fingerprint density at radius 1 is 0.742 bits per heavy atom. The molecular weight excluding hydrogens is 372 g/mol. The maximum atomic E-state index is 2.57. The zero-order valence-corrected chi connectivity index (χ0v) is 18.7. The van der Waals surface area contributed by atoms with Gasteiger partial charge in [0.25, 0.3) is 0 Å². The average Bonchev–Trinajstić information content (AvgIpc) is 2.84. The Bertz CT molecular complexity index is 1240. The van der Waals surface area contributed by atoms with Gasteiger partial charge < -0.3 is 0 Å². The summed E-state index contributed by atoms with van der Waals surface area (Å²) in [6.45, 7) is 2.16. The van der Waals surface area contributed by atoms with Crippen molar-refractivity contribution in [1.29, 1.82) is 0 Å². The van der Waals surface area contributed by atoms with Crippen molar-refractivity contribution < 1.29 is 0 Å². The highest BCUT2D eigenvalue weighted by Crippen LogP contribution is 2.42. The summed E-state index contributed by atoms with van der Waals surface area (Å²) in [7, 11) is 0. The van der Waals surface area contributed by atoms with Crippen LogP contribution in [0.3, 0.4) is 0 Å². The highest BCUT2D eigenvalue weighted by molar-refractivity contribution is 5.82. The van der Waals surface area contributed by atoms with Crippen molar-refractivity contribution in [2.24, 2.45) is 0 Å². The van der Waals surface area contributed by atoms with E-state index in [1.54, 1.807) is 33.1 Å². The summed E-state index contributed by atoms with van der Waals surface area (Å²) in [5, 5.41) is 3.02. The van der Waals surface area contributed by atoms with Crippen molar-refractivity contribution in [3.05, 3.63) is 98.5 Å². The van der Waals surface area contributed by atoms with Gasteiger partial charge >= 0.3 is 0 Å². The van der Waals surface area contributed by atoms with Crippen molar-refractivity contribution >= 4 is 17.2 Å². The predicted molar refractivity (Wildman–Crippen MR) is 132 cm³/mol. The smallest absolute Gasteiger partial charge is 0.00823 e. The molecule has 6 rings (SSSR count). The van der Waals surface area contributed by atoms with Crippen LogP contribution in [0, 0.1) is 6.92 Å². The molecule has 0 nitrogen and oxygen atoms in total. The summed E-state index contributed by atoms with van der Waals surface area (Å²) in [5.41, 5.74) is 12.2. The third kappa shape index (κ3) is 3.47. The third-order valence-electron chi connectivity index (χ3n) is 8.01. The molecule has 0 unspecified atom stereocenters. The second kappa shape index (κ2) is 7.83. The number of allylic oxidation sites excluding steroid dienone is 6. The van der Waals surface area contributed by atoms with Gasteiger partial charge in [-0.25, -0.2) is 0 Å². The van der Waals surface area contributed by atoms with Crippen LogP contribution in [0.1, 0.15) is 80.4 Å². The lowest BCUT2D eigenvalue weighted by atomic mass is 9.75. The first kappa shape index (κ1) is 19.1. The Kier molecular flexibility index (Phi) is 4.82. The third-order valence-corrected chi connectivity index (χ3v) is 8.01. The van der Waals surface area contributed by atoms with Gasteiger partial charge in [0.1, 0.15) is 0 Å². The van der Waals surface area contributed by atoms with Crippen molar-refractivity contribution in [2.45, 2.75) is 70.6 Å². The van der Waals surface area contributed by atoms with Crippen molar-refractivity contribution in [1.82, 2.24) is 0 Å². The fraction of sp³-hybridized carbons (Fsp3) is 0.355. The van der Waals surface area contributed by atoms with E-state index in [-0.39, 0.29) is 0 Å². The van der Waals surface area contributed by atoms with Gasteiger partial charge in [0, 0.05) is 0 Å². The molecule has 0 aliphatic heterocycles. The van der Waals surface area contributed by atoms with Gasteiger partial charge in [-0.3, -0.25) is 0 Å². The summed E-state index contributed by atoms with van der Waals surface area (Å²) in [6.07, 6.45) is 19.0. The normalized spacial score (nSPS) is 20.9. The minimum atomic E-state index is 0.784. The van der Waals surface area contributed by atoms with Crippen LogP contribution in [-0.4, -0.2) is 0 Å². The Balaban J connectivity index is 1.39. The molecule has 0 spiro atoms. The van der Waals surface area contributed by atoms with Crippen LogP contribution in [-0.2, 0) is 0 Å². The molecule has 1 saturated carbocycles. The molecule has 2 aromatic rings. The first-order chi connectivity index (χ1) is 15.3.